The number of hydrogen-bond acceptors (Lipinski definition) is 6. The maximum absolute atomic E-state index is 13.2. The van der Waals surface area contributed by atoms with E-state index in [9.17, 15) is 4.79 Å². The zero-order valence-corrected chi connectivity index (χ0v) is 17.7. The Kier molecular flexibility index (Phi) is 6.87. The van der Waals surface area contributed by atoms with Crippen molar-refractivity contribution in [2.75, 3.05) is 20.7 Å². The van der Waals surface area contributed by atoms with Crippen molar-refractivity contribution in [3.8, 4) is 5.75 Å². The molecule has 2 aromatic carbocycles. The van der Waals surface area contributed by atoms with Gasteiger partial charge in [0.15, 0.2) is 0 Å². The van der Waals surface area contributed by atoms with Crippen molar-refractivity contribution in [3.63, 3.8) is 0 Å². The van der Waals surface area contributed by atoms with Crippen LogP contribution in [0.25, 0.3) is 0 Å². The third-order valence-corrected chi connectivity index (χ3v) is 5.31. The topological polar surface area (TPSA) is 115 Å². The third kappa shape index (κ3) is 4.66. The highest BCUT2D eigenvalue weighted by Crippen LogP contribution is 2.33. The SMILES string of the molecule is CN/C=C(\C=N)[C@@H]1CN(C(=O)/C(N)=C/C(=N)c2ccccc2OC)Cc2ccccc21. The van der Waals surface area contributed by atoms with Gasteiger partial charge in [-0.2, -0.15) is 0 Å². The molecule has 7 nitrogen and oxygen atoms in total. The Hall–Kier alpha value is -3.87. The number of ether oxygens (including phenoxy) is 1. The van der Waals surface area contributed by atoms with Gasteiger partial charge in [-0.05, 0) is 34.9 Å². The number of fused-ring (bicyclic) bond motifs is 1. The highest BCUT2D eigenvalue weighted by Gasteiger charge is 2.30. The van der Waals surface area contributed by atoms with E-state index in [0.717, 1.165) is 16.7 Å². The quantitative estimate of drug-likeness (QED) is 0.409. The monoisotopic (exact) mass is 417 g/mol. The zero-order valence-electron chi connectivity index (χ0n) is 17.7. The molecule has 0 aromatic heterocycles. The number of para-hydroxylation sites is 1. The minimum Gasteiger partial charge on any atom is -0.496 e. The molecule has 0 unspecified atom stereocenters. The molecule has 31 heavy (non-hydrogen) atoms. The summed E-state index contributed by atoms with van der Waals surface area (Å²) in [7, 11) is 3.32. The molecule has 3 rings (SSSR count). The lowest BCUT2D eigenvalue weighted by Gasteiger charge is -2.35. The molecule has 5 N–H and O–H groups in total. The van der Waals surface area contributed by atoms with Crippen molar-refractivity contribution in [3.05, 3.63) is 88.8 Å². The van der Waals surface area contributed by atoms with Gasteiger partial charge in [0.1, 0.15) is 5.75 Å². The molecule has 2 aromatic rings. The maximum Gasteiger partial charge on any atom is 0.270 e. The van der Waals surface area contributed by atoms with Crippen LogP contribution in [0.1, 0.15) is 22.6 Å². The summed E-state index contributed by atoms with van der Waals surface area (Å²) in [6, 6.07) is 15.1. The van der Waals surface area contributed by atoms with E-state index < -0.39 is 0 Å². The number of nitrogens with one attached hydrogen (secondary N) is 3. The van der Waals surface area contributed by atoms with Crippen molar-refractivity contribution in [1.82, 2.24) is 10.2 Å². The van der Waals surface area contributed by atoms with Crippen LogP contribution in [0, 0.1) is 10.8 Å². The van der Waals surface area contributed by atoms with E-state index in [4.69, 9.17) is 21.3 Å². The summed E-state index contributed by atoms with van der Waals surface area (Å²) in [5.41, 5.74) is 9.67. The summed E-state index contributed by atoms with van der Waals surface area (Å²) in [6.45, 7) is 0.822. The van der Waals surface area contributed by atoms with Crippen LogP contribution in [0.15, 0.2) is 72.1 Å². The van der Waals surface area contributed by atoms with Crippen LogP contribution in [0.3, 0.4) is 0 Å². The van der Waals surface area contributed by atoms with E-state index in [1.54, 1.807) is 36.3 Å². The molecular weight excluding hydrogens is 390 g/mol. The Balaban J connectivity index is 1.89. The first kappa shape index (κ1) is 21.8. The van der Waals surface area contributed by atoms with Gasteiger partial charge in [0.2, 0.25) is 0 Å². The molecule has 1 aliphatic rings. The molecule has 0 saturated carbocycles. The lowest BCUT2D eigenvalue weighted by Crippen LogP contribution is -2.41. The molecule has 0 spiro atoms. The first-order valence-corrected chi connectivity index (χ1v) is 9.94. The second-order valence-corrected chi connectivity index (χ2v) is 7.23. The second-order valence-electron chi connectivity index (χ2n) is 7.23. The minimum atomic E-state index is -0.340. The lowest BCUT2D eigenvalue weighted by atomic mass is 9.85. The summed E-state index contributed by atoms with van der Waals surface area (Å²) < 4.78 is 5.30. The van der Waals surface area contributed by atoms with Crippen molar-refractivity contribution < 1.29 is 9.53 Å². The summed E-state index contributed by atoms with van der Waals surface area (Å²) in [5, 5.41) is 19.2. The number of methoxy groups -OCH3 is 1. The normalized spacial score (nSPS) is 16.3. The molecule has 0 bridgehead atoms. The van der Waals surface area contributed by atoms with Crippen LogP contribution in [-0.2, 0) is 11.3 Å². The number of hydrogen-bond donors (Lipinski definition) is 4. The van der Waals surface area contributed by atoms with Gasteiger partial charge in [0, 0.05) is 44.0 Å². The van der Waals surface area contributed by atoms with E-state index in [-0.39, 0.29) is 23.2 Å². The van der Waals surface area contributed by atoms with Gasteiger partial charge in [-0.25, -0.2) is 0 Å². The highest BCUT2D eigenvalue weighted by atomic mass is 16.5. The number of rotatable bonds is 7. The Morgan fingerprint density at radius 3 is 2.65 bits per heavy atom. The number of allylic oxidation sites excluding steroid dienone is 1. The van der Waals surface area contributed by atoms with Crippen molar-refractivity contribution >= 4 is 17.8 Å². The molecule has 0 radical (unpaired) electrons. The van der Waals surface area contributed by atoms with Gasteiger partial charge in [-0.15, -0.1) is 0 Å². The lowest BCUT2D eigenvalue weighted by molar-refractivity contribution is -0.128. The van der Waals surface area contributed by atoms with Crippen molar-refractivity contribution in [1.29, 1.82) is 10.8 Å². The third-order valence-electron chi connectivity index (χ3n) is 5.31. The Morgan fingerprint density at radius 2 is 1.94 bits per heavy atom. The standard InChI is InChI=1S/C24H27N5O2/c1-28-13-17(12-25)20-15-29(14-16-7-3-4-8-18(16)20)24(30)22(27)11-21(26)19-9-5-6-10-23(19)31-2/h3-13,20,25-26,28H,14-15,27H2,1-2H3/b17-13+,22-11-,25-12?,26-21?/t20-/m0/s1. The largest absolute Gasteiger partial charge is 0.496 e. The van der Waals surface area contributed by atoms with Crippen LogP contribution >= 0.6 is 0 Å². The molecule has 0 aliphatic carbocycles. The Labute approximate surface area is 182 Å². The molecular formula is C24H27N5O2. The van der Waals surface area contributed by atoms with E-state index >= 15 is 0 Å². The van der Waals surface area contributed by atoms with Crippen LogP contribution in [-0.4, -0.2) is 43.4 Å². The number of nitrogens with zero attached hydrogens (tertiary/aromatic N) is 1. The fourth-order valence-corrected chi connectivity index (χ4v) is 3.80. The summed E-state index contributed by atoms with van der Waals surface area (Å²) in [6.07, 6.45) is 4.46. The fraction of sp³-hybridized carbons (Fsp3) is 0.208. The maximum atomic E-state index is 13.2. The molecule has 0 fully saturated rings. The van der Waals surface area contributed by atoms with Gasteiger partial charge in [0.05, 0.1) is 18.5 Å². The number of nitrogens with two attached hydrogens (primary N) is 1. The van der Waals surface area contributed by atoms with Crippen LogP contribution < -0.4 is 15.8 Å². The van der Waals surface area contributed by atoms with Crippen LogP contribution in [0.2, 0.25) is 0 Å². The van der Waals surface area contributed by atoms with Crippen LogP contribution in [0.4, 0.5) is 0 Å². The van der Waals surface area contributed by atoms with Crippen molar-refractivity contribution in [2.45, 2.75) is 12.5 Å². The Bertz CT molecular complexity index is 1060. The average Bonchev–Trinajstić information content (AvgIpc) is 2.81. The predicted octanol–water partition coefficient (Wildman–Crippen LogP) is 2.78. The van der Waals surface area contributed by atoms with Gasteiger partial charge < -0.3 is 31.5 Å². The Morgan fingerprint density at radius 1 is 1.23 bits per heavy atom. The molecule has 1 amide bonds. The van der Waals surface area contributed by atoms with Crippen LogP contribution in [0.5, 0.6) is 5.75 Å². The van der Waals surface area contributed by atoms with E-state index in [0.29, 0.717) is 24.4 Å². The van der Waals surface area contributed by atoms with E-state index in [2.05, 4.69) is 5.32 Å². The average molecular weight is 418 g/mol. The molecule has 160 valence electrons. The number of carbonyl (C=O) groups excluding carboxylic acids is 1. The minimum absolute atomic E-state index is 0.0111. The second kappa shape index (κ2) is 9.75. The van der Waals surface area contributed by atoms with Gasteiger partial charge in [0.25, 0.3) is 5.91 Å². The molecule has 1 atom stereocenters. The molecule has 1 aliphatic heterocycles. The van der Waals surface area contributed by atoms with Gasteiger partial charge >= 0.3 is 0 Å². The van der Waals surface area contributed by atoms with Crippen molar-refractivity contribution in [2.24, 2.45) is 5.73 Å². The summed E-state index contributed by atoms with van der Waals surface area (Å²) in [4.78, 5) is 14.8. The van der Waals surface area contributed by atoms with Gasteiger partial charge in [-0.3, -0.25) is 4.79 Å². The molecule has 0 saturated heterocycles. The molecule has 1 heterocycles. The smallest absolute Gasteiger partial charge is 0.270 e. The zero-order chi connectivity index (χ0) is 22.4. The number of amides is 1. The first-order valence-electron chi connectivity index (χ1n) is 9.94. The summed E-state index contributed by atoms with van der Waals surface area (Å²) in [5.74, 6) is 0.0667. The van der Waals surface area contributed by atoms with E-state index in [1.165, 1.54) is 19.4 Å². The number of carbonyl (C=O) groups is 1. The van der Waals surface area contributed by atoms with Gasteiger partial charge in [-0.1, -0.05) is 36.4 Å². The summed E-state index contributed by atoms with van der Waals surface area (Å²) >= 11 is 0. The highest BCUT2D eigenvalue weighted by molar-refractivity contribution is 6.12. The molecule has 7 heteroatoms. The first-order chi connectivity index (χ1) is 15.0. The predicted molar refractivity (Wildman–Crippen MR) is 123 cm³/mol. The fourth-order valence-electron chi connectivity index (χ4n) is 3.80. The van der Waals surface area contributed by atoms with E-state index in [1.807, 2.05) is 30.3 Å². The number of benzene rings is 2.